The fourth-order valence-corrected chi connectivity index (χ4v) is 7.96. The minimum absolute atomic E-state index is 0.0325. The van der Waals surface area contributed by atoms with Gasteiger partial charge in [-0.15, -0.1) is 0 Å². The third kappa shape index (κ3) is 13.2. The summed E-state index contributed by atoms with van der Waals surface area (Å²) in [5.74, 6) is -7.76. The first-order valence-electron chi connectivity index (χ1n) is 18.8. The summed E-state index contributed by atoms with van der Waals surface area (Å²) < 4.78 is 118. The van der Waals surface area contributed by atoms with Crippen LogP contribution in [0.3, 0.4) is 0 Å². The van der Waals surface area contributed by atoms with Gasteiger partial charge in [0.1, 0.15) is 6.54 Å². The number of rotatable bonds is 19. The molecule has 0 fully saturated rings. The van der Waals surface area contributed by atoms with Crippen molar-refractivity contribution in [3.05, 3.63) is 100 Å². The van der Waals surface area contributed by atoms with Crippen LogP contribution in [0.25, 0.3) is 17.0 Å². The molecule has 0 amide bonds. The molecule has 314 valence electrons. The van der Waals surface area contributed by atoms with E-state index in [1.165, 1.54) is 4.90 Å². The molecular weight excluding hydrogens is 789 g/mol. The molecule has 16 heteroatoms. The van der Waals surface area contributed by atoms with Crippen LogP contribution < -0.4 is 9.47 Å². The Kier molecular flexibility index (Phi) is 17.5. The van der Waals surface area contributed by atoms with E-state index >= 15 is 8.78 Å². The summed E-state index contributed by atoms with van der Waals surface area (Å²) in [5.41, 5.74) is 1.56. The molecule has 0 radical (unpaired) electrons. The third-order valence-corrected chi connectivity index (χ3v) is 11.7. The maximum Gasteiger partial charge on any atom is 0.303 e. The second-order valence-corrected chi connectivity index (χ2v) is 17.8. The SMILES string of the molecule is CCCCCS(=O)(=O)O.COS(=O)(=O)CCCC[n+]1c(/C=C/C=C/C=C2/N(CCCCCC(=O)O)c3c(F)c(F)c(F)c(F)c3C2(C)C)ccc2cc(C)ccc21. The van der Waals surface area contributed by atoms with Crippen molar-refractivity contribution in [2.75, 3.05) is 30.1 Å². The van der Waals surface area contributed by atoms with Crippen LogP contribution in [0.5, 0.6) is 0 Å². The number of fused-ring (bicyclic) bond motifs is 2. The number of hydrogen-bond acceptors (Lipinski definition) is 7. The Morgan fingerprint density at radius 1 is 0.860 bits per heavy atom. The van der Waals surface area contributed by atoms with Crippen molar-refractivity contribution in [3.8, 4) is 0 Å². The highest BCUT2D eigenvalue weighted by atomic mass is 32.2. The lowest BCUT2D eigenvalue weighted by atomic mass is 9.83. The van der Waals surface area contributed by atoms with E-state index in [0.717, 1.165) is 42.1 Å². The van der Waals surface area contributed by atoms with Crippen molar-refractivity contribution >= 4 is 48.9 Å². The van der Waals surface area contributed by atoms with Gasteiger partial charge in [-0.2, -0.15) is 21.4 Å². The number of nitrogens with zero attached hydrogens (tertiary/aromatic N) is 2. The Morgan fingerprint density at radius 3 is 2.19 bits per heavy atom. The molecule has 0 atom stereocenters. The quantitative estimate of drug-likeness (QED) is 0.0177. The van der Waals surface area contributed by atoms with Gasteiger partial charge in [-0.05, 0) is 50.8 Å². The number of aryl methyl sites for hydroxylation is 2. The number of benzene rings is 2. The molecule has 0 bridgehead atoms. The number of carboxylic acids is 1. The minimum Gasteiger partial charge on any atom is -0.481 e. The molecule has 0 spiro atoms. The van der Waals surface area contributed by atoms with E-state index < -0.39 is 54.9 Å². The van der Waals surface area contributed by atoms with Gasteiger partial charge in [0.05, 0.1) is 24.3 Å². The van der Waals surface area contributed by atoms with Crippen LogP contribution in [0, 0.1) is 30.2 Å². The Bertz CT molecular complexity index is 2210. The minimum atomic E-state index is -3.70. The first-order valence-corrected chi connectivity index (χ1v) is 22.0. The van der Waals surface area contributed by atoms with Crippen LogP contribution in [0.4, 0.5) is 23.2 Å². The number of halogens is 4. The lowest BCUT2D eigenvalue weighted by Gasteiger charge is -2.27. The molecule has 10 nitrogen and oxygen atoms in total. The molecule has 0 saturated heterocycles. The molecule has 3 aromatic rings. The van der Waals surface area contributed by atoms with Crippen LogP contribution in [0.2, 0.25) is 0 Å². The normalized spacial score (nSPS) is 14.8. The zero-order valence-electron chi connectivity index (χ0n) is 33.0. The topological polar surface area (TPSA) is 142 Å². The monoisotopic (exact) mass is 841 g/mol. The molecule has 57 heavy (non-hydrogen) atoms. The number of carboxylic acid groups (broad SMARTS) is 1. The fourth-order valence-electron chi connectivity index (χ4n) is 6.67. The summed E-state index contributed by atoms with van der Waals surface area (Å²) in [6.45, 7) is 7.92. The molecule has 0 aliphatic carbocycles. The van der Waals surface area contributed by atoms with Gasteiger partial charge in [0.15, 0.2) is 23.3 Å². The lowest BCUT2D eigenvalue weighted by molar-refractivity contribution is -0.673. The van der Waals surface area contributed by atoms with Crippen LogP contribution >= 0.6 is 0 Å². The third-order valence-electron chi connectivity index (χ3n) is 9.59. The van der Waals surface area contributed by atoms with E-state index in [-0.39, 0.29) is 35.7 Å². The number of aliphatic carboxylic acids is 1. The number of aromatic nitrogens is 1. The Balaban J connectivity index is 0.000000860. The van der Waals surface area contributed by atoms with Gasteiger partial charge in [-0.3, -0.25) is 13.5 Å². The number of carbonyl (C=O) groups is 1. The zero-order chi connectivity index (χ0) is 42.6. The number of pyridine rings is 1. The summed E-state index contributed by atoms with van der Waals surface area (Å²) in [5, 5.41) is 9.97. The summed E-state index contributed by atoms with van der Waals surface area (Å²) in [6, 6.07) is 10.1. The average molecular weight is 842 g/mol. The van der Waals surface area contributed by atoms with Crippen molar-refractivity contribution < 1.29 is 57.6 Å². The van der Waals surface area contributed by atoms with Crippen molar-refractivity contribution in [1.29, 1.82) is 0 Å². The molecule has 4 rings (SSSR count). The standard InChI is InChI=1S/C36H40F4N2O5S.C5H12O3S/c1-24-16-19-27-25(23-24)17-18-26(41(27)20-11-12-22-48(45,46)47-4)13-7-5-8-14-28-36(2,3)30-31(37)32(38)33(39)34(40)35(30)42(28)21-10-6-9-15-29(43)44;1-2-3-4-5-9(6,7)8/h5,7-8,13-14,16-19,23H,6,9-12,15,20-22H2,1-4H3;2-5H2,1H3,(H,6,7,8)/p+1. The molecule has 2 heterocycles. The van der Waals surface area contributed by atoms with E-state index in [2.05, 4.69) is 14.8 Å². The maximum atomic E-state index is 15.2. The summed E-state index contributed by atoms with van der Waals surface area (Å²) in [6.07, 6.45) is 13.4. The van der Waals surface area contributed by atoms with E-state index in [4.69, 9.17) is 9.66 Å². The van der Waals surface area contributed by atoms with Crippen molar-refractivity contribution in [3.63, 3.8) is 0 Å². The smallest absolute Gasteiger partial charge is 0.303 e. The fraction of sp³-hybridized carbons (Fsp3) is 0.463. The van der Waals surface area contributed by atoms with Gasteiger partial charge in [-0.25, -0.2) is 17.6 Å². The molecule has 0 saturated carbocycles. The van der Waals surface area contributed by atoms with Gasteiger partial charge in [0.2, 0.25) is 11.2 Å². The van der Waals surface area contributed by atoms with Gasteiger partial charge < -0.3 is 10.0 Å². The molecule has 1 aliphatic rings. The predicted molar refractivity (Wildman–Crippen MR) is 214 cm³/mol. The number of hydrogen-bond donors (Lipinski definition) is 2. The van der Waals surface area contributed by atoms with Crippen molar-refractivity contribution in [2.45, 2.75) is 97.4 Å². The zero-order valence-corrected chi connectivity index (χ0v) is 34.7. The Morgan fingerprint density at radius 2 is 1.54 bits per heavy atom. The highest BCUT2D eigenvalue weighted by Crippen LogP contribution is 2.51. The first kappa shape index (κ1) is 47.3. The van der Waals surface area contributed by atoms with E-state index in [1.54, 1.807) is 38.2 Å². The summed E-state index contributed by atoms with van der Waals surface area (Å²) in [4.78, 5) is 12.3. The second kappa shape index (κ2) is 21.0. The number of unbranched alkanes of at least 4 members (excludes halogenated alkanes) is 5. The largest absolute Gasteiger partial charge is 0.481 e. The molecule has 2 aromatic carbocycles. The van der Waals surface area contributed by atoms with Gasteiger partial charge in [0, 0.05) is 59.7 Å². The highest BCUT2D eigenvalue weighted by molar-refractivity contribution is 7.86. The van der Waals surface area contributed by atoms with Gasteiger partial charge in [0.25, 0.3) is 20.2 Å². The van der Waals surface area contributed by atoms with Crippen LogP contribution in [0.15, 0.2) is 60.3 Å². The van der Waals surface area contributed by atoms with E-state index in [0.29, 0.717) is 50.8 Å². The Labute approximate surface area is 333 Å². The molecule has 2 N–H and O–H groups in total. The number of anilines is 1. The highest BCUT2D eigenvalue weighted by Gasteiger charge is 2.46. The van der Waals surface area contributed by atoms with Crippen molar-refractivity contribution in [1.82, 2.24) is 0 Å². The van der Waals surface area contributed by atoms with Gasteiger partial charge >= 0.3 is 5.97 Å². The van der Waals surface area contributed by atoms with Crippen molar-refractivity contribution in [2.24, 2.45) is 0 Å². The number of allylic oxidation sites excluding steroid dienone is 5. The average Bonchev–Trinajstić information content (AvgIpc) is 3.36. The second-order valence-electron chi connectivity index (χ2n) is 14.4. The van der Waals surface area contributed by atoms with Crippen LogP contribution in [-0.2, 0) is 41.2 Å². The van der Waals surface area contributed by atoms with Crippen LogP contribution in [0.1, 0.15) is 95.4 Å². The molecule has 1 aromatic heterocycles. The van der Waals surface area contributed by atoms with E-state index in [1.807, 2.05) is 44.2 Å². The predicted octanol–water partition coefficient (Wildman–Crippen LogP) is 8.71. The molecule has 0 unspecified atom stereocenters. The first-order chi connectivity index (χ1) is 26.8. The van der Waals surface area contributed by atoms with E-state index in [9.17, 15) is 30.4 Å². The van der Waals surface area contributed by atoms with Gasteiger partial charge in [-0.1, -0.05) is 69.9 Å². The maximum absolute atomic E-state index is 15.2. The summed E-state index contributed by atoms with van der Waals surface area (Å²) in [7, 11) is -6.10. The van der Waals surface area contributed by atoms with Crippen LogP contribution in [-0.4, -0.2) is 57.6 Å². The molecule has 1 aliphatic heterocycles. The Hall–Kier alpha value is -4.12. The lowest BCUT2D eigenvalue weighted by Crippen LogP contribution is -2.38. The summed E-state index contributed by atoms with van der Waals surface area (Å²) >= 11 is 0. The molecular formula is C41H53F4N2O8S2+.